The highest BCUT2D eigenvalue weighted by Gasteiger charge is 2.11. The zero-order valence-corrected chi connectivity index (χ0v) is 10.9. The van der Waals surface area contributed by atoms with E-state index in [-0.39, 0.29) is 10.8 Å². The van der Waals surface area contributed by atoms with Crippen molar-refractivity contribution in [1.82, 2.24) is 9.13 Å². The van der Waals surface area contributed by atoms with Crippen LogP contribution in [-0.2, 0) is 7.05 Å². The highest BCUT2D eigenvalue weighted by Crippen LogP contribution is 2.24. The first kappa shape index (κ1) is 12.7. The van der Waals surface area contributed by atoms with Crippen LogP contribution in [0.15, 0.2) is 33.9 Å². The fraction of sp³-hybridized carbons (Fsp3) is 0.0909. The predicted octanol–water partition coefficient (Wildman–Crippen LogP) is 1.43. The number of rotatable bonds is 1. The molecule has 0 unspecified atom stereocenters. The van der Waals surface area contributed by atoms with Crippen molar-refractivity contribution < 1.29 is 0 Å². The van der Waals surface area contributed by atoms with Crippen LogP contribution in [-0.4, -0.2) is 9.13 Å². The third kappa shape index (κ3) is 2.02. The summed E-state index contributed by atoms with van der Waals surface area (Å²) in [7, 11) is 1.37. The van der Waals surface area contributed by atoms with Crippen LogP contribution in [0.3, 0.4) is 0 Å². The third-order valence-corrected chi connectivity index (χ3v) is 3.03. The molecule has 0 saturated carbocycles. The molecular formula is C11H9Cl2N3O2. The molecule has 1 heterocycles. The smallest absolute Gasteiger partial charge is 0.336 e. The molecule has 0 amide bonds. The van der Waals surface area contributed by atoms with Gasteiger partial charge in [-0.1, -0.05) is 23.2 Å². The first-order valence-corrected chi connectivity index (χ1v) is 5.71. The molecule has 0 radical (unpaired) electrons. The van der Waals surface area contributed by atoms with Crippen LogP contribution < -0.4 is 17.0 Å². The number of benzene rings is 1. The van der Waals surface area contributed by atoms with Gasteiger partial charge in [-0.15, -0.1) is 0 Å². The summed E-state index contributed by atoms with van der Waals surface area (Å²) in [6, 6.07) is 5.80. The van der Waals surface area contributed by atoms with E-state index in [2.05, 4.69) is 0 Å². The summed E-state index contributed by atoms with van der Waals surface area (Å²) in [5.74, 6) is 0.0207. The second kappa shape index (κ2) is 4.51. The number of anilines is 1. The lowest BCUT2D eigenvalue weighted by molar-refractivity contribution is 0.735. The molecule has 0 aliphatic heterocycles. The Morgan fingerprint density at radius 2 is 1.83 bits per heavy atom. The SMILES string of the molecule is Cn1c(=O)cc(N)n(-c2ccc(Cl)cc2Cl)c1=O. The maximum Gasteiger partial charge on any atom is 0.336 e. The van der Waals surface area contributed by atoms with Crippen molar-refractivity contribution >= 4 is 29.0 Å². The summed E-state index contributed by atoms with van der Waals surface area (Å²) in [6.45, 7) is 0. The standard InChI is InChI=1S/C11H9Cl2N3O2/c1-15-10(17)5-9(14)16(11(15)18)8-3-2-6(12)4-7(8)13/h2-5H,14H2,1H3. The van der Waals surface area contributed by atoms with Crippen LogP contribution in [0.1, 0.15) is 0 Å². The summed E-state index contributed by atoms with van der Waals surface area (Å²) in [5, 5.41) is 0.718. The zero-order chi connectivity index (χ0) is 13.4. The lowest BCUT2D eigenvalue weighted by Gasteiger charge is -2.12. The van der Waals surface area contributed by atoms with Crippen molar-refractivity contribution in [2.24, 2.45) is 7.05 Å². The summed E-state index contributed by atoms with van der Waals surface area (Å²) < 4.78 is 2.10. The van der Waals surface area contributed by atoms with Crippen molar-refractivity contribution in [2.45, 2.75) is 0 Å². The van der Waals surface area contributed by atoms with Gasteiger partial charge in [-0.3, -0.25) is 9.36 Å². The molecule has 7 heteroatoms. The van der Waals surface area contributed by atoms with E-state index in [0.717, 1.165) is 15.2 Å². The number of halogens is 2. The molecule has 0 spiro atoms. The van der Waals surface area contributed by atoms with Gasteiger partial charge in [-0.25, -0.2) is 9.36 Å². The van der Waals surface area contributed by atoms with E-state index in [1.54, 1.807) is 12.1 Å². The molecule has 0 aliphatic rings. The number of nitrogens with zero attached hydrogens (tertiary/aromatic N) is 2. The molecule has 5 nitrogen and oxygen atoms in total. The molecule has 2 N–H and O–H groups in total. The van der Waals surface area contributed by atoms with Gasteiger partial charge >= 0.3 is 5.69 Å². The molecular weight excluding hydrogens is 277 g/mol. The maximum atomic E-state index is 12.0. The molecule has 0 atom stereocenters. The molecule has 0 aliphatic carbocycles. The molecule has 94 valence electrons. The lowest BCUT2D eigenvalue weighted by atomic mass is 10.3. The van der Waals surface area contributed by atoms with Gasteiger partial charge < -0.3 is 5.73 Å². The van der Waals surface area contributed by atoms with Crippen LogP contribution in [0.25, 0.3) is 5.69 Å². The Morgan fingerprint density at radius 3 is 2.44 bits per heavy atom. The minimum atomic E-state index is -0.566. The molecule has 1 aromatic carbocycles. The number of hydrogen-bond acceptors (Lipinski definition) is 3. The average Bonchev–Trinajstić information content (AvgIpc) is 2.29. The highest BCUT2D eigenvalue weighted by molar-refractivity contribution is 6.35. The van der Waals surface area contributed by atoms with E-state index in [4.69, 9.17) is 28.9 Å². The maximum absolute atomic E-state index is 12.0. The van der Waals surface area contributed by atoms with E-state index >= 15 is 0 Å². The number of hydrogen-bond donors (Lipinski definition) is 1. The van der Waals surface area contributed by atoms with Crippen LogP contribution >= 0.6 is 23.2 Å². The Hall–Kier alpha value is -1.72. The summed E-state index contributed by atoms with van der Waals surface area (Å²) >= 11 is 11.8. The number of nitrogen functional groups attached to an aromatic ring is 1. The number of nitrogens with two attached hydrogens (primary N) is 1. The first-order valence-electron chi connectivity index (χ1n) is 4.96. The van der Waals surface area contributed by atoms with E-state index in [1.165, 1.54) is 13.1 Å². The third-order valence-electron chi connectivity index (χ3n) is 2.49. The molecule has 0 fully saturated rings. The van der Waals surface area contributed by atoms with Gasteiger partial charge in [0.15, 0.2) is 0 Å². The molecule has 0 saturated heterocycles. The van der Waals surface area contributed by atoms with Crippen molar-refractivity contribution in [1.29, 1.82) is 0 Å². The Balaban J connectivity index is 2.84. The average molecular weight is 286 g/mol. The predicted molar refractivity (Wildman–Crippen MR) is 71.7 cm³/mol. The molecule has 18 heavy (non-hydrogen) atoms. The van der Waals surface area contributed by atoms with E-state index in [9.17, 15) is 9.59 Å². The second-order valence-corrected chi connectivity index (χ2v) is 4.52. The van der Waals surface area contributed by atoms with Crippen LogP contribution in [0.5, 0.6) is 0 Å². The first-order chi connectivity index (χ1) is 8.41. The zero-order valence-electron chi connectivity index (χ0n) is 9.35. The van der Waals surface area contributed by atoms with Crippen molar-refractivity contribution in [3.63, 3.8) is 0 Å². The number of aromatic nitrogens is 2. The summed E-state index contributed by atoms with van der Waals surface area (Å²) in [4.78, 5) is 23.4. The fourth-order valence-corrected chi connectivity index (χ4v) is 2.04. The molecule has 1 aromatic heterocycles. The van der Waals surface area contributed by atoms with E-state index in [0.29, 0.717) is 10.7 Å². The van der Waals surface area contributed by atoms with Crippen LogP contribution in [0.4, 0.5) is 5.82 Å². The van der Waals surface area contributed by atoms with Gasteiger partial charge in [0.05, 0.1) is 10.7 Å². The Bertz CT molecular complexity index is 734. The van der Waals surface area contributed by atoms with E-state index < -0.39 is 11.2 Å². The van der Waals surface area contributed by atoms with E-state index in [1.807, 2.05) is 0 Å². The largest absolute Gasteiger partial charge is 0.385 e. The Kier molecular flexibility index (Phi) is 3.19. The Labute approximate surface area is 112 Å². The van der Waals surface area contributed by atoms with Crippen molar-refractivity contribution in [2.75, 3.05) is 5.73 Å². The highest BCUT2D eigenvalue weighted by atomic mass is 35.5. The summed E-state index contributed by atoms with van der Waals surface area (Å²) in [6.07, 6.45) is 0. The van der Waals surface area contributed by atoms with Gasteiger partial charge in [-0.2, -0.15) is 0 Å². The second-order valence-electron chi connectivity index (χ2n) is 3.68. The van der Waals surface area contributed by atoms with Gasteiger partial charge in [0.2, 0.25) is 0 Å². The van der Waals surface area contributed by atoms with Crippen LogP contribution in [0, 0.1) is 0 Å². The van der Waals surface area contributed by atoms with Gasteiger partial charge in [0.25, 0.3) is 5.56 Å². The molecule has 2 rings (SSSR count). The fourth-order valence-electron chi connectivity index (χ4n) is 1.55. The summed E-state index contributed by atoms with van der Waals surface area (Å²) in [5.41, 5.74) is 5.02. The topological polar surface area (TPSA) is 70.0 Å². The van der Waals surface area contributed by atoms with Gasteiger partial charge in [0, 0.05) is 18.1 Å². The lowest BCUT2D eigenvalue weighted by Crippen LogP contribution is -2.38. The van der Waals surface area contributed by atoms with Crippen molar-refractivity contribution in [3.8, 4) is 5.69 Å². The normalized spacial score (nSPS) is 10.6. The minimum Gasteiger partial charge on any atom is -0.385 e. The monoisotopic (exact) mass is 285 g/mol. The minimum absolute atomic E-state index is 0.0207. The Morgan fingerprint density at radius 1 is 1.17 bits per heavy atom. The van der Waals surface area contributed by atoms with Crippen LogP contribution in [0.2, 0.25) is 10.0 Å². The quantitative estimate of drug-likeness (QED) is 0.862. The van der Waals surface area contributed by atoms with Crippen molar-refractivity contribution in [3.05, 3.63) is 55.1 Å². The molecule has 0 bridgehead atoms. The molecule has 2 aromatic rings. The van der Waals surface area contributed by atoms with Gasteiger partial charge in [0.1, 0.15) is 5.82 Å². The van der Waals surface area contributed by atoms with Gasteiger partial charge in [-0.05, 0) is 18.2 Å².